The van der Waals surface area contributed by atoms with Crippen LogP contribution in [0.3, 0.4) is 0 Å². The molecule has 0 spiro atoms. The highest BCUT2D eigenvalue weighted by Gasteiger charge is 2.25. The number of halogens is 1. The molecule has 0 unspecified atom stereocenters. The SMILES string of the molecule is Cc1nc([C@H]2CCCNC2)nc2c1CCCN2Cc1ccc(F)cc1. The Morgan fingerprint density at radius 3 is 2.80 bits per heavy atom. The minimum Gasteiger partial charge on any atom is -0.352 e. The highest BCUT2D eigenvalue weighted by atomic mass is 19.1. The number of anilines is 1. The van der Waals surface area contributed by atoms with Crippen LogP contribution in [0.15, 0.2) is 24.3 Å². The molecule has 2 aromatic rings. The van der Waals surface area contributed by atoms with E-state index >= 15 is 0 Å². The molecule has 5 heteroatoms. The average molecular weight is 340 g/mol. The largest absolute Gasteiger partial charge is 0.352 e. The first kappa shape index (κ1) is 16.5. The number of hydrogen-bond acceptors (Lipinski definition) is 4. The molecule has 1 atom stereocenters. The zero-order valence-electron chi connectivity index (χ0n) is 14.8. The van der Waals surface area contributed by atoms with Crippen LogP contribution in [0.5, 0.6) is 0 Å². The number of piperidine rings is 1. The van der Waals surface area contributed by atoms with Crippen LogP contribution in [-0.2, 0) is 13.0 Å². The molecule has 0 saturated carbocycles. The molecule has 1 aromatic carbocycles. The topological polar surface area (TPSA) is 41.1 Å². The van der Waals surface area contributed by atoms with Gasteiger partial charge in [-0.25, -0.2) is 14.4 Å². The molecule has 0 amide bonds. The number of rotatable bonds is 3. The van der Waals surface area contributed by atoms with Gasteiger partial charge in [0.2, 0.25) is 0 Å². The molecular formula is C20H25FN4. The maximum atomic E-state index is 13.2. The third-order valence-corrected chi connectivity index (χ3v) is 5.31. The van der Waals surface area contributed by atoms with Gasteiger partial charge in [-0.2, -0.15) is 0 Å². The van der Waals surface area contributed by atoms with E-state index in [1.165, 1.54) is 24.1 Å². The second kappa shape index (κ2) is 7.08. The number of hydrogen-bond donors (Lipinski definition) is 1. The van der Waals surface area contributed by atoms with Gasteiger partial charge in [-0.15, -0.1) is 0 Å². The minimum absolute atomic E-state index is 0.187. The highest BCUT2D eigenvalue weighted by molar-refractivity contribution is 5.52. The summed E-state index contributed by atoms with van der Waals surface area (Å²) in [6.07, 6.45) is 4.50. The van der Waals surface area contributed by atoms with Crippen molar-refractivity contribution in [2.45, 2.75) is 45.1 Å². The molecule has 3 heterocycles. The van der Waals surface area contributed by atoms with Crippen LogP contribution in [-0.4, -0.2) is 29.6 Å². The lowest BCUT2D eigenvalue weighted by Gasteiger charge is -2.32. The Bertz CT molecular complexity index is 738. The van der Waals surface area contributed by atoms with Gasteiger partial charge in [0.15, 0.2) is 0 Å². The van der Waals surface area contributed by atoms with E-state index in [1.807, 2.05) is 12.1 Å². The molecule has 0 aliphatic carbocycles. The number of nitrogens with zero attached hydrogens (tertiary/aromatic N) is 3. The Labute approximate surface area is 148 Å². The molecule has 25 heavy (non-hydrogen) atoms. The highest BCUT2D eigenvalue weighted by Crippen LogP contribution is 2.31. The van der Waals surface area contributed by atoms with Gasteiger partial charge in [-0.05, 0) is 56.8 Å². The second-order valence-electron chi connectivity index (χ2n) is 7.16. The third kappa shape index (κ3) is 3.52. The molecule has 2 aliphatic rings. The molecule has 0 bridgehead atoms. The third-order valence-electron chi connectivity index (χ3n) is 5.31. The van der Waals surface area contributed by atoms with E-state index in [2.05, 4.69) is 17.1 Å². The van der Waals surface area contributed by atoms with Crippen molar-refractivity contribution in [1.82, 2.24) is 15.3 Å². The molecule has 2 aliphatic heterocycles. The second-order valence-corrected chi connectivity index (χ2v) is 7.16. The molecular weight excluding hydrogens is 315 g/mol. The molecule has 1 N–H and O–H groups in total. The van der Waals surface area contributed by atoms with E-state index in [-0.39, 0.29) is 5.82 Å². The van der Waals surface area contributed by atoms with E-state index < -0.39 is 0 Å². The Kier molecular flexibility index (Phi) is 4.66. The zero-order chi connectivity index (χ0) is 17.2. The smallest absolute Gasteiger partial charge is 0.136 e. The van der Waals surface area contributed by atoms with Crippen molar-refractivity contribution in [3.8, 4) is 0 Å². The maximum Gasteiger partial charge on any atom is 0.136 e. The van der Waals surface area contributed by atoms with Crippen molar-refractivity contribution >= 4 is 5.82 Å². The minimum atomic E-state index is -0.187. The van der Waals surface area contributed by atoms with Crippen LogP contribution in [0, 0.1) is 12.7 Å². The first-order chi connectivity index (χ1) is 12.2. The first-order valence-corrected chi connectivity index (χ1v) is 9.28. The quantitative estimate of drug-likeness (QED) is 0.930. The van der Waals surface area contributed by atoms with E-state index in [4.69, 9.17) is 9.97 Å². The molecule has 1 fully saturated rings. The molecule has 1 aromatic heterocycles. The molecule has 0 radical (unpaired) electrons. The fraction of sp³-hybridized carbons (Fsp3) is 0.500. The Balaban J connectivity index is 1.64. The summed E-state index contributed by atoms with van der Waals surface area (Å²) in [6.45, 7) is 5.93. The van der Waals surface area contributed by atoms with Crippen molar-refractivity contribution in [3.05, 3.63) is 52.7 Å². The predicted octanol–water partition coefficient (Wildman–Crippen LogP) is 3.34. The van der Waals surface area contributed by atoms with Gasteiger partial charge >= 0.3 is 0 Å². The summed E-state index contributed by atoms with van der Waals surface area (Å²) in [6, 6.07) is 6.79. The fourth-order valence-electron chi connectivity index (χ4n) is 3.93. The first-order valence-electron chi connectivity index (χ1n) is 9.28. The van der Waals surface area contributed by atoms with E-state index in [0.717, 1.165) is 68.3 Å². The molecule has 4 nitrogen and oxygen atoms in total. The van der Waals surface area contributed by atoms with Crippen LogP contribution in [0.25, 0.3) is 0 Å². The van der Waals surface area contributed by atoms with Crippen molar-refractivity contribution in [2.75, 3.05) is 24.5 Å². The summed E-state index contributed by atoms with van der Waals surface area (Å²) in [5.41, 5.74) is 3.52. The van der Waals surface area contributed by atoms with Gasteiger partial charge in [-0.3, -0.25) is 0 Å². The predicted molar refractivity (Wildman–Crippen MR) is 97.4 cm³/mol. The van der Waals surface area contributed by atoms with Crippen LogP contribution in [0.2, 0.25) is 0 Å². The van der Waals surface area contributed by atoms with Gasteiger partial charge in [0.25, 0.3) is 0 Å². The summed E-state index contributed by atoms with van der Waals surface area (Å²) in [5.74, 6) is 2.29. The summed E-state index contributed by atoms with van der Waals surface area (Å²) in [5, 5.41) is 3.46. The maximum absolute atomic E-state index is 13.2. The Hall–Kier alpha value is -2.01. The van der Waals surface area contributed by atoms with Gasteiger partial charge in [0, 0.05) is 36.8 Å². The standard InChI is InChI=1S/C20H25FN4/c1-14-18-5-3-11-25(13-15-6-8-17(21)9-7-15)20(18)24-19(23-14)16-4-2-10-22-12-16/h6-9,16,22H,2-5,10-13H2,1H3/t16-/m0/s1. The van der Waals surface area contributed by atoms with E-state index in [1.54, 1.807) is 0 Å². The molecule has 1 saturated heterocycles. The summed E-state index contributed by atoms with van der Waals surface area (Å²) in [7, 11) is 0. The number of benzene rings is 1. The van der Waals surface area contributed by atoms with Crippen molar-refractivity contribution < 1.29 is 4.39 Å². The lowest BCUT2D eigenvalue weighted by Crippen LogP contribution is -2.33. The van der Waals surface area contributed by atoms with Crippen LogP contribution in [0.4, 0.5) is 10.2 Å². The van der Waals surface area contributed by atoms with Gasteiger partial charge < -0.3 is 10.2 Å². The fourth-order valence-corrected chi connectivity index (χ4v) is 3.93. The number of nitrogens with one attached hydrogen (secondary N) is 1. The Morgan fingerprint density at radius 2 is 2.04 bits per heavy atom. The van der Waals surface area contributed by atoms with Crippen molar-refractivity contribution in [1.29, 1.82) is 0 Å². The number of fused-ring (bicyclic) bond motifs is 1. The summed E-state index contributed by atoms with van der Waals surface area (Å²) < 4.78 is 13.2. The van der Waals surface area contributed by atoms with Gasteiger partial charge in [0.05, 0.1) is 0 Å². The van der Waals surface area contributed by atoms with E-state index in [0.29, 0.717) is 5.92 Å². The normalized spacial score (nSPS) is 20.4. The van der Waals surface area contributed by atoms with E-state index in [9.17, 15) is 4.39 Å². The van der Waals surface area contributed by atoms with Crippen molar-refractivity contribution in [2.24, 2.45) is 0 Å². The lowest BCUT2D eigenvalue weighted by molar-refractivity contribution is 0.444. The number of aryl methyl sites for hydroxylation is 1. The number of aromatic nitrogens is 2. The van der Waals surface area contributed by atoms with Crippen LogP contribution < -0.4 is 10.2 Å². The van der Waals surface area contributed by atoms with Crippen molar-refractivity contribution in [3.63, 3.8) is 0 Å². The van der Waals surface area contributed by atoms with Crippen LogP contribution >= 0.6 is 0 Å². The average Bonchev–Trinajstić information content (AvgIpc) is 2.65. The zero-order valence-corrected chi connectivity index (χ0v) is 14.8. The molecule has 132 valence electrons. The van der Waals surface area contributed by atoms with Gasteiger partial charge in [-0.1, -0.05) is 12.1 Å². The monoisotopic (exact) mass is 340 g/mol. The van der Waals surface area contributed by atoms with Gasteiger partial charge in [0.1, 0.15) is 17.5 Å². The van der Waals surface area contributed by atoms with Crippen LogP contribution in [0.1, 0.15) is 47.8 Å². The lowest BCUT2D eigenvalue weighted by atomic mass is 9.97. The summed E-state index contributed by atoms with van der Waals surface area (Å²) in [4.78, 5) is 12.2. The summed E-state index contributed by atoms with van der Waals surface area (Å²) >= 11 is 0. The Morgan fingerprint density at radius 1 is 1.20 bits per heavy atom. The molecule has 4 rings (SSSR count).